The molecule has 0 aliphatic heterocycles. The van der Waals surface area contributed by atoms with Crippen LogP contribution in [0.15, 0.2) is 27.7 Å². The maximum atomic E-state index is 12.0. The monoisotopic (exact) mass is 400 g/mol. The number of amides is 1. The fraction of sp³-hybridized carbons (Fsp3) is 0.500. The minimum Gasteiger partial charge on any atom is -0.356 e. The summed E-state index contributed by atoms with van der Waals surface area (Å²) in [5.74, 6) is 1.72. The molecular formula is C16H25BrN4OS. The number of benzene rings is 1. The van der Waals surface area contributed by atoms with Gasteiger partial charge in [-0.25, -0.2) is 0 Å². The number of aryl methyl sites for hydroxylation is 1. The van der Waals surface area contributed by atoms with Crippen LogP contribution in [0.3, 0.4) is 0 Å². The Balaban J connectivity index is 2.34. The van der Waals surface area contributed by atoms with Gasteiger partial charge in [0.2, 0.25) is 5.91 Å². The first-order valence-corrected chi connectivity index (χ1v) is 9.75. The number of carbonyl (C=O) groups is 1. The van der Waals surface area contributed by atoms with E-state index in [9.17, 15) is 4.79 Å². The minimum atomic E-state index is -0.100. The highest BCUT2D eigenvalue weighted by Crippen LogP contribution is 2.20. The highest BCUT2D eigenvalue weighted by molar-refractivity contribution is 9.10. The number of unbranched alkanes of at least 4 members (excludes halogenated alkanes) is 1. The zero-order valence-electron chi connectivity index (χ0n) is 13.9. The number of guanidine groups is 1. The summed E-state index contributed by atoms with van der Waals surface area (Å²) < 4.78 is 0.939. The van der Waals surface area contributed by atoms with E-state index in [1.54, 1.807) is 7.05 Å². The van der Waals surface area contributed by atoms with Crippen LogP contribution in [-0.4, -0.2) is 44.0 Å². The highest BCUT2D eigenvalue weighted by Gasteiger charge is 2.06. The van der Waals surface area contributed by atoms with Crippen molar-refractivity contribution in [2.24, 2.45) is 4.99 Å². The molecule has 0 saturated carbocycles. The lowest BCUT2D eigenvalue weighted by molar-refractivity contribution is -0.115. The van der Waals surface area contributed by atoms with E-state index >= 15 is 0 Å². The second kappa shape index (κ2) is 11.3. The van der Waals surface area contributed by atoms with Crippen molar-refractivity contribution < 1.29 is 4.79 Å². The summed E-state index contributed by atoms with van der Waals surface area (Å²) in [6, 6.07) is 5.81. The van der Waals surface area contributed by atoms with Crippen LogP contribution < -0.4 is 16.0 Å². The lowest BCUT2D eigenvalue weighted by atomic mass is 10.2. The summed E-state index contributed by atoms with van der Waals surface area (Å²) in [6.07, 6.45) is 4.37. The maximum absolute atomic E-state index is 12.0. The van der Waals surface area contributed by atoms with E-state index in [2.05, 4.69) is 43.1 Å². The second-order valence-corrected chi connectivity index (χ2v) is 6.96. The van der Waals surface area contributed by atoms with Gasteiger partial charge in [-0.05, 0) is 49.5 Å². The highest BCUT2D eigenvalue weighted by atomic mass is 79.9. The fourth-order valence-corrected chi connectivity index (χ4v) is 2.74. The van der Waals surface area contributed by atoms with Crippen LogP contribution in [0.1, 0.15) is 18.4 Å². The molecule has 128 valence electrons. The number of rotatable bonds is 8. The Kier molecular flexibility index (Phi) is 9.78. The molecule has 0 atom stereocenters. The summed E-state index contributed by atoms with van der Waals surface area (Å²) >= 11 is 5.26. The van der Waals surface area contributed by atoms with Crippen molar-refractivity contribution in [1.29, 1.82) is 0 Å². The first-order valence-electron chi connectivity index (χ1n) is 7.56. The number of halogens is 1. The molecule has 0 aromatic heterocycles. The number of aliphatic imine (C=N–C) groups is 1. The minimum absolute atomic E-state index is 0.100. The Morgan fingerprint density at radius 2 is 2.09 bits per heavy atom. The van der Waals surface area contributed by atoms with Crippen LogP contribution in [0.4, 0.5) is 5.69 Å². The second-order valence-electron chi connectivity index (χ2n) is 5.06. The Morgan fingerprint density at radius 1 is 1.30 bits per heavy atom. The SMILES string of the molecule is CN=C(NCCCCSC)NCC(=O)Nc1cc(Br)ccc1C. The molecular weight excluding hydrogens is 376 g/mol. The van der Waals surface area contributed by atoms with Crippen LogP contribution in [0.2, 0.25) is 0 Å². The molecule has 0 fully saturated rings. The molecule has 1 amide bonds. The quantitative estimate of drug-likeness (QED) is 0.356. The van der Waals surface area contributed by atoms with Crippen molar-refractivity contribution in [3.05, 3.63) is 28.2 Å². The Labute approximate surface area is 151 Å². The van der Waals surface area contributed by atoms with Gasteiger partial charge in [-0.15, -0.1) is 0 Å². The van der Waals surface area contributed by atoms with Crippen molar-refractivity contribution in [2.45, 2.75) is 19.8 Å². The van der Waals surface area contributed by atoms with Crippen molar-refractivity contribution in [3.63, 3.8) is 0 Å². The van der Waals surface area contributed by atoms with Gasteiger partial charge in [-0.3, -0.25) is 9.79 Å². The Hall–Kier alpha value is -1.21. The molecule has 7 heteroatoms. The summed E-state index contributed by atoms with van der Waals surface area (Å²) in [5.41, 5.74) is 1.84. The van der Waals surface area contributed by atoms with E-state index in [1.165, 1.54) is 12.2 Å². The van der Waals surface area contributed by atoms with Crippen LogP contribution in [0, 0.1) is 6.92 Å². The normalized spacial score (nSPS) is 11.2. The molecule has 5 nitrogen and oxygen atoms in total. The molecule has 0 bridgehead atoms. The predicted molar refractivity (Wildman–Crippen MR) is 104 cm³/mol. The molecule has 3 N–H and O–H groups in total. The number of hydrogen-bond donors (Lipinski definition) is 3. The zero-order chi connectivity index (χ0) is 17.1. The van der Waals surface area contributed by atoms with Gasteiger partial charge in [0.1, 0.15) is 0 Å². The van der Waals surface area contributed by atoms with E-state index in [1.807, 2.05) is 36.9 Å². The number of anilines is 1. The van der Waals surface area contributed by atoms with Gasteiger partial charge in [0.05, 0.1) is 6.54 Å². The van der Waals surface area contributed by atoms with Crippen LogP contribution in [0.5, 0.6) is 0 Å². The standard InChI is InChI=1S/C16H25BrN4OS/c1-12-6-7-13(17)10-14(12)21-15(22)11-20-16(18-2)19-8-4-5-9-23-3/h6-7,10H,4-5,8-9,11H2,1-3H3,(H,21,22)(H2,18,19,20). The first kappa shape index (κ1) is 19.8. The molecule has 0 unspecified atom stereocenters. The maximum Gasteiger partial charge on any atom is 0.243 e. The number of carbonyl (C=O) groups excluding carboxylic acids is 1. The predicted octanol–water partition coefficient (Wildman–Crippen LogP) is 3.00. The smallest absolute Gasteiger partial charge is 0.243 e. The third-order valence-electron chi connectivity index (χ3n) is 3.18. The molecule has 0 spiro atoms. The largest absolute Gasteiger partial charge is 0.356 e. The van der Waals surface area contributed by atoms with Gasteiger partial charge in [-0.1, -0.05) is 22.0 Å². The average Bonchev–Trinajstić information content (AvgIpc) is 2.53. The Bertz CT molecular complexity index is 537. The van der Waals surface area contributed by atoms with E-state index in [4.69, 9.17) is 0 Å². The molecule has 0 saturated heterocycles. The van der Waals surface area contributed by atoms with Gasteiger partial charge in [0.15, 0.2) is 5.96 Å². The van der Waals surface area contributed by atoms with Crippen LogP contribution in [-0.2, 0) is 4.79 Å². The fourth-order valence-electron chi connectivity index (χ4n) is 1.89. The van der Waals surface area contributed by atoms with E-state index < -0.39 is 0 Å². The van der Waals surface area contributed by atoms with Crippen molar-refractivity contribution in [3.8, 4) is 0 Å². The van der Waals surface area contributed by atoms with Gasteiger partial charge in [0.25, 0.3) is 0 Å². The third-order valence-corrected chi connectivity index (χ3v) is 4.37. The lowest BCUT2D eigenvalue weighted by Crippen LogP contribution is -2.41. The first-order chi connectivity index (χ1) is 11.1. The molecule has 0 aliphatic rings. The van der Waals surface area contributed by atoms with Crippen LogP contribution >= 0.6 is 27.7 Å². The number of hydrogen-bond acceptors (Lipinski definition) is 3. The van der Waals surface area contributed by atoms with E-state index in [-0.39, 0.29) is 12.5 Å². The molecule has 1 aromatic rings. The molecule has 1 aromatic carbocycles. The van der Waals surface area contributed by atoms with Crippen LogP contribution in [0.25, 0.3) is 0 Å². The lowest BCUT2D eigenvalue weighted by Gasteiger charge is -2.13. The van der Waals surface area contributed by atoms with Gasteiger partial charge >= 0.3 is 0 Å². The Morgan fingerprint density at radius 3 is 2.78 bits per heavy atom. The van der Waals surface area contributed by atoms with Crippen molar-refractivity contribution in [2.75, 3.05) is 37.5 Å². The van der Waals surface area contributed by atoms with Gasteiger partial charge < -0.3 is 16.0 Å². The number of nitrogens with one attached hydrogen (secondary N) is 3. The summed E-state index contributed by atoms with van der Waals surface area (Å²) in [7, 11) is 1.70. The molecule has 0 aliphatic carbocycles. The zero-order valence-corrected chi connectivity index (χ0v) is 16.3. The molecule has 0 radical (unpaired) electrons. The van der Waals surface area contributed by atoms with Gasteiger partial charge in [0, 0.05) is 23.8 Å². The van der Waals surface area contributed by atoms with Crippen molar-refractivity contribution >= 4 is 45.2 Å². The average molecular weight is 401 g/mol. The topological polar surface area (TPSA) is 65.5 Å². The van der Waals surface area contributed by atoms with Gasteiger partial charge in [-0.2, -0.15) is 11.8 Å². The third kappa shape index (κ3) is 8.27. The van der Waals surface area contributed by atoms with E-state index in [0.29, 0.717) is 5.96 Å². The molecule has 23 heavy (non-hydrogen) atoms. The number of nitrogens with zero attached hydrogens (tertiary/aromatic N) is 1. The molecule has 1 rings (SSSR count). The summed E-state index contributed by atoms with van der Waals surface area (Å²) in [4.78, 5) is 16.2. The van der Waals surface area contributed by atoms with E-state index in [0.717, 1.165) is 28.7 Å². The molecule has 0 heterocycles. The number of thioether (sulfide) groups is 1. The summed E-state index contributed by atoms with van der Waals surface area (Å²) in [5, 5.41) is 9.13. The van der Waals surface area contributed by atoms with Crippen molar-refractivity contribution in [1.82, 2.24) is 10.6 Å². The summed E-state index contributed by atoms with van der Waals surface area (Å²) in [6.45, 7) is 2.99.